The first-order chi connectivity index (χ1) is 9.13. The number of hydrogen-bond acceptors (Lipinski definition) is 4. The molecule has 4 nitrogen and oxygen atoms in total. The van der Waals surface area contributed by atoms with Crippen LogP contribution in [0.5, 0.6) is 0 Å². The van der Waals surface area contributed by atoms with Gasteiger partial charge in [0.25, 0.3) is 0 Å². The molecule has 0 atom stereocenters. The van der Waals surface area contributed by atoms with Crippen molar-refractivity contribution in [3.05, 3.63) is 40.7 Å². The van der Waals surface area contributed by atoms with Gasteiger partial charge in [-0.1, -0.05) is 17.7 Å². The molecule has 0 saturated carbocycles. The molecular weight excluding hydrogens is 260 g/mol. The van der Waals surface area contributed by atoms with E-state index in [0.717, 1.165) is 40.0 Å². The van der Waals surface area contributed by atoms with Crippen molar-refractivity contribution in [2.24, 2.45) is 0 Å². The number of nitrogens with one attached hydrogen (secondary N) is 2. The summed E-state index contributed by atoms with van der Waals surface area (Å²) < 4.78 is 0. The first kappa shape index (κ1) is 13.6. The predicted molar refractivity (Wildman–Crippen MR) is 80.4 cm³/mol. The van der Waals surface area contributed by atoms with Crippen molar-refractivity contribution in [2.75, 3.05) is 17.2 Å². The Hall–Kier alpha value is -1.81. The average molecular weight is 277 g/mol. The van der Waals surface area contributed by atoms with Gasteiger partial charge in [-0.25, -0.2) is 9.97 Å². The molecule has 100 valence electrons. The fourth-order valence-electron chi connectivity index (χ4n) is 1.79. The minimum Gasteiger partial charge on any atom is -0.370 e. The van der Waals surface area contributed by atoms with Crippen molar-refractivity contribution in [2.45, 2.75) is 20.8 Å². The average Bonchev–Trinajstić information content (AvgIpc) is 2.40. The summed E-state index contributed by atoms with van der Waals surface area (Å²) in [6, 6.07) is 5.77. The molecule has 0 aliphatic heterocycles. The molecule has 0 bridgehead atoms. The summed E-state index contributed by atoms with van der Waals surface area (Å²) in [6.45, 7) is 6.83. The van der Waals surface area contributed by atoms with E-state index in [9.17, 15) is 0 Å². The van der Waals surface area contributed by atoms with Crippen LogP contribution in [0.25, 0.3) is 0 Å². The van der Waals surface area contributed by atoms with Crippen LogP contribution in [0.15, 0.2) is 24.5 Å². The van der Waals surface area contributed by atoms with E-state index in [-0.39, 0.29) is 0 Å². The summed E-state index contributed by atoms with van der Waals surface area (Å²) in [4.78, 5) is 8.50. The molecule has 2 N–H and O–H groups in total. The van der Waals surface area contributed by atoms with Gasteiger partial charge in [0.2, 0.25) is 0 Å². The van der Waals surface area contributed by atoms with Gasteiger partial charge in [-0.15, -0.1) is 0 Å². The lowest BCUT2D eigenvalue weighted by molar-refractivity contribution is 1.08. The molecule has 0 fully saturated rings. The van der Waals surface area contributed by atoms with Crippen molar-refractivity contribution in [1.82, 2.24) is 9.97 Å². The van der Waals surface area contributed by atoms with Gasteiger partial charge in [-0.05, 0) is 38.5 Å². The lowest BCUT2D eigenvalue weighted by Gasteiger charge is -2.14. The highest BCUT2D eigenvalue weighted by Gasteiger charge is 2.08. The zero-order valence-corrected chi connectivity index (χ0v) is 12.0. The first-order valence-electron chi connectivity index (χ1n) is 6.21. The number of nitrogens with zero attached hydrogens (tertiary/aromatic N) is 2. The summed E-state index contributed by atoms with van der Waals surface area (Å²) in [5.74, 6) is 1.64. The second kappa shape index (κ2) is 5.89. The predicted octanol–water partition coefficient (Wildman–Crippen LogP) is 3.92. The maximum Gasteiger partial charge on any atom is 0.138 e. The molecule has 1 aromatic heterocycles. The van der Waals surface area contributed by atoms with Gasteiger partial charge < -0.3 is 10.6 Å². The maximum absolute atomic E-state index is 6.12. The highest BCUT2D eigenvalue weighted by molar-refractivity contribution is 6.31. The molecule has 1 aromatic carbocycles. The van der Waals surface area contributed by atoms with Gasteiger partial charge in [0.05, 0.1) is 0 Å². The SMILES string of the molecule is CCNc1ncnc(Nc2cccc(Cl)c2C)c1C. The van der Waals surface area contributed by atoms with Crippen LogP contribution in [0.1, 0.15) is 18.1 Å². The Morgan fingerprint density at radius 2 is 1.84 bits per heavy atom. The third-order valence-electron chi connectivity index (χ3n) is 2.95. The topological polar surface area (TPSA) is 49.8 Å². The van der Waals surface area contributed by atoms with Crippen LogP contribution < -0.4 is 10.6 Å². The van der Waals surface area contributed by atoms with Crippen molar-refractivity contribution < 1.29 is 0 Å². The van der Waals surface area contributed by atoms with Gasteiger partial charge in [-0.3, -0.25) is 0 Å². The van der Waals surface area contributed by atoms with E-state index in [4.69, 9.17) is 11.6 Å². The minimum atomic E-state index is 0.739. The van der Waals surface area contributed by atoms with Crippen molar-refractivity contribution >= 4 is 28.9 Å². The Labute approximate surface area is 118 Å². The Balaban J connectivity index is 2.33. The molecule has 0 saturated heterocycles. The van der Waals surface area contributed by atoms with E-state index >= 15 is 0 Å². The minimum absolute atomic E-state index is 0.739. The summed E-state index contributed by atoms with van der Waals surface area (Å²) >= 11 is 6.12. The Kier molecular flexibility index (Phi) is 4.22. The van der Waals surface area contributed by atoms with Crippen LogP contribution in [0.3, 0.4) is 0 Å². The molecule has 0 radical (unpaired) electrons. The maximum atomic E-state index is 6.12. The highest BCUT2D eigenvalue weighted by Crippen LogP contribution is 2.27. The van der Waals surface area contributed by atoms with Crippen LogP contribution in [-0.4, -0.2) is 16.5 Å². The van der Waals surface area contributed by atoms with E-state index in [0.29, 0.717) is 0 Å². The molecular formula is C14H17ClN4. The van der Waals surface area contributed by atoms with Gasteiger partial charge >= 0.3 is 0 Å². The van der Waals surface area contributed by atoms with E-state index in [1.54, 1.807) is 6.33 Å². The largest absolute Gasteiger partial charge is 0.370 e. The number of benzene rings is 1. The van der Waals surface area contributed by atoms with Crippen LogP contribution in [0, 0.1) is 13.8 Å². The van der Waals surface area contributed by atoms with Crippen LogP contribution >= 0.6 is 11.6 Å². The second-order valence-electron chi connectivity index (χ2n) is 4.26. The highest BCUT2D eigenvalue weighted by atomic mass is 35.5. The molecule has 0 aliphatic carbocycles. The van der Waals surface area contributed by atoms with Gasteiger partial charge in [0.15, 0.2) is 0 Å². The van der Waals surface area contributed by atoms with E-state index < -0.39 is 0 Å². The lowest BCUT2D eigenvalue weighted by Crippen LogP contribution is -2.06. The molecule has 2 aromatic rings. The van der Waals surface area contributed by atoms with Crippen LogP contribution in [-0.2, 0) is 0 Å². The van der Waals surface area contributed by atoms with E-state index in [1.807, 2.05) is 39.0 Å². The molecule has 2 rings (SSSR count). The summed E-state index contributed by atoms with van der Waals surface area (Å²) in [7, 11) is 0. The summed E-state index contributed by atoms with van der Waals surface area (Å²) in [5.41, 5.74) is 2.95. The zero-order chi connectivity index (χ0) is 13.8. The normalized spacial score (nSPS) is 10.3. The fourth-order valence-corrected chi connectivity index (χ4v) is 1.97. The molecule has 0 aliphatic rings. The zero-order valence-electron chi connectivity index (χ0n) is 11.3. The molecule has 5 heteroatoms. The van der Waals surface area contributed by atoms with Gasteiger partial charge in [-0.2, -0.15) is 0 Å². The van der Waals surface area contributed by atoms with Crippen LogP contribution in [0.2, 0.25) is 5.02 Å². The Morgan fingerprint density at radius 3 is 2.58 bits per heavy atom. The van der Waals surface area contributed by atoms with Crippen LogP contribution in [0.4, 0.5) is 17.3 Å². The number of hydrogen-bond donors (Lipinski definition) is 2. The van der Waals surface area contributed by atoms with Crippen molar-refractivity contribution in [3.8, 4) is 0 Å². The number of aromatic nitrogens is 2. The van der Waals surface area contributed by atoms with E-state index in [1.165, 1.54) is 0 Å². The standard InChI is InChI=1S/C14H17ClN4/c1-4-16-13-10(3)14(18-8-17-13)19-12-7-5-6-11(15)9(12)2/h5-8H,4H2,1-3H3,(H2,16,17,18,19). The quantitative estimate of drug-likeness (QED) is 0.889. The smallest absolute Gasteiger partial charge is 0.138 e. The summed E-state index contributed by atoms with van der Waals surface area (Å²) in [6.07, 6.45) is 1.55. The molecule has 1 heterocycles. The number of halogens is 1. The second-order valence-corrected chi connectivity index (χ2v) is 4.67. The fraction of sp³-hybridized carbons (Fsp3) is 0.286. The summed E-state index contributed by atoms with van der Waals surface area (Å²) in [5, 5.41) is 7.25. The molecule has 19 heavy (non-hydrogen) atoms. The third-order valence-corrected chi connectivity index (χ3v) is 3.36. The Bertz CT molecular complexity index is 584. The van der Waals surface area contributed by atoms with Crippen molar-refractivity contribution in [3.63, 3.8) is 0 Å². The first-order valence-corrected chi connectivity index (χ1v) is 6.59. The molecule has 0 amide bonds. The van der Waals surface area contributed by atoms with Gasteiger partial charge in [0, 0.05) is 22.8 Å². The Morgan fingerprint density at radius 1 is 1.11 bits per heavy atom. The monoisotopic (exact) mass is 276 g/mol. The van der Waals surface area contributed by atoms with Gasteiger partial charge in [0.1, 0.15) is 18.0 Å². The van der Waals surface area contributed by atoms with Crippen molar-refractivity contribution in [1.29, 1.82) is 0 Å². The molecule has 0 spiro atoms. The number of anilines is 3. The van der Waals surface area contributed by atoms with E-state index in [2.05, 4.69) is 20.6 Å². The molecule has 0 unspecified atom stereocenters. The lowest BCUT2D eigenvalue weighted by atomic mass is 10.2. The third kappa shape index (κ3) is 2.96. The number of rotatable bonds is 4.